The van der Waals surface area contributed by atoms with Crippen molar-refractivity contribution in [3.63, 3.8) is 0 Å². The molecule has 0 radical (unpaired) electrons. The molecule has 0 amide bonds. The molecule has 0 aliphatic carbocycles. The van der Waals surface area contributed by atoms with Crippen LogP contribution in [0, 0.1) is 0 Å². The largest absolute Gasteiger partial charge is 0.379 e. The summed E-state index contributed by atoms with van der Waals surface area (Å²) in [6.07, 6.45) is 4.16. The molecule has 1 N–H and O–H groups in total. The summed E-state index contributed by atoms with van der Waals surface area (Å²) in [6.45, 7) is 9.87. The summed E-state index contributed by atoms with van der Waals surface area (Å²) in [5.41, 5.74) is 7.63. The number of ether oxygens (including phenoxy) is 1. The fraction of sp³-hybridized carbons (Fsp3) is 0.400. The van der Waals surface area contributed by atoms with Gasteiger partial charge in [0.1, 0.15) is 0 Å². The molecule has 2 heterocycles. The van der Waals surface area contributed by atoms with Gasteiger partial charge < -0.3 is 9.72 Å². The van der Waals surface area contributed by atoms with Gasteiger partial charge in [0.2, 0.25) is 0 Å². The van der Waals surface area contributed by atoms with E-state index in [4.69, 9.17) is 9.73 Å². The first kappa shape index (κ1) is 19.9. The Morgan fingerprint density at radius 1 is 1.07 bits per heavy atom. The first-order valence-corrected chi connectivity index (χ1v) is 10.7. The smallest absolute Gasteiger partial charge is 0.0594 e. The maximum absolute atomic E-state index is 5.43. The molecular weight excluding hydrogens is 358 g/mol. The van der Waals surface area contributed by atoms with E-state index in [1.54, 1.807) is 0 Å². The summed E-state index contributed by atoms with van der Waals surface area (Å²) < 4.78 is 5.43. The summed E-state index contributed by atoms with van der Waals surface area (Å²) in [5.74, 6) is 0. The molecule has 1 fully saturated rings. The van der Waals surface area contributed by atoms with Crippen molar-refractivity contribution in [3.05, 3.63) is 70.9 Å². The number of aliphatic imine (C=N–C) groups is 1. The Labute approximate surface area is 173 Å². The van der Waals surface area contributed by atoms with E-state index in [2.05, 4.69) is 72.4 Å². The number of fused-ring (bicyclic) bond motifs is 1. The van der Waals surface area contributed by atoms with Crippen LogP contribution in [0.2, 0.25) is 0 Å². The second kappa shape index (κ2) is 9.38. The Bertz CT molecular complexity index is 965. The maximum Gasteiger partial charge on any atom is 0.0594 e. The van der Waals surface area contributed by atoms with Gasteiger partial charge in [-0.25, -0.2) is 0 Å². The Balaban J connectivity index is 1.36. The summed E-state index contributed by atoms with van der Waals surface area (Å²) in [4.78, 5) is 10.7. The molecule has 0 bridgehead atoms. The number of rotatable bonds is 7. The van der Waals surface area contributed by atoms with Gasteiger partial charge in [0.25, 0.3) is 0 Å². The zero-order valence-corrected chi connectivity index (χ0v) is 17.6. The predicted octanol–water partition coefficient (Wildman–Crippen LogP) is 4.61. The van der Waals surface area contributed by atoms with E-state index in [-0.39, 0.29) is 0 Å². The average Bonchev–Trinajstić information content (AvgIpc) is 3.17. The minimum Gasteiger partial charge on any atom is -0.379 e. The number of morpholine rings is 1. The van der Waals surface area contributed by atoms with Gasteiger partial charge in [0.15, 0.2) is 0 Å². The van der Waals surface area contributed by atoms with Gasteiger partial charge in [-0.2, -0.15) is 0 Å². The van der Waals surface area contributed by atoms with Crippen LogP contribution >= 0.6 is 0 Å². The third-order valence-corrected chi connectivity index (χ3v) is 5.85. The number of H-pyrrole nitrogens is 1. The molecule has 0 atom stereocenters. The van der Waals surface area contributed by atoms with Crippen molar-refractivity contribution >= 4 is 16.6 Å². The van der Waals surface area contributed by atoms with Gasteiger partial charge in [0, 0.05) is 49.0 Å². The van der Waals surface area contributed by atoms with Gasteiger partial charge >= 0.3 is 0 Å². The molecule has 29 heavy (non-hydrogen) atoms. The van der Waals surface area contributed by atoms with Crippen LogP contribution in [0.4, 0.5) is 0 Å². The number of aromatic nitrogens is 1. The topological polar surface area (TPSA) is 40.6 Å². The molecule has 2 aromatic carbocycles. The molecule has 1 aliphatic rings. The zero-order chi connectivity index (χ0) is 20.1. The van der Waals surface area contributed by atoms with Crippen LogP contribution in [0.15, 0.2) is 53.7 Å². The third kappa shape index (κ3) is 4.95. The van der Waals surface area contributed by atoms with Crippen molar-refractivity contribution in [1.29, 1.82) is 0 Å². The summed E-state index contributed by atoms with van der Waals surface area (Å²) in [5, 5.41) is 1.34. The highest BCUT2D eigenvalue weighted by atomic mass is 16.5. The second-order valence-corrected chi connectivity index (χ2v) is 7.85. The van der Waals surface area contributed by atoms with Crippen molar-refractivity contribution in [2.24, 2.45) is 4.99 Å². The van der Waals surface area contributed by atoms with E-state index in [1.165, 1.54) is 33.2 Å². The average molecular weight is 390 g/mol. The fourth-order valence-corrected chi connectivity index (χ4v) is 3.96. The molecule has 1 saturated heterocycles. The van der Waals surface area contributed by atoms with E-state index >= 15 is 0 Å². The first-order chi connectivity index (χ1) is 14.2. The zero-order valence-electron chi connectivity index (χ0n) is 17.6. The van der Waals surface area contributed by atoms with Crippen LogP contribution in [-0.4, -0.2) is 48.4 Å². The molecule has 4 nitrogen and oxygen atoms in total. The second-order valence-electron chi connectivity index (χ2n) is 7.85. The van der Waals surface area contributed by atoms with Gasteiger partial charge in [-0.05, 0) is 54.2 Å². The van der Waals surface area contributed by atoms with E-state index in [0.29, 0.717) is 0 Å². The van der Waals surface area contributed by atoms with Crippen molar-refractivity contribution in [1.82, 2.24) is 9.88 Å². The van der Waals surface area contributed by atoms with Gasteiger partial charge in [-0.1, -0.05) is 37.3 Å². The van der Waals surface area contributed by atoms with Crippen LogP contribution in [0.5, 0.6) is 0 Å². The number of nitrogens with zero attached hydrogens (tertiary/aromatic N) is 2. The summed E-state index contributed by atoms with van der Waals surface area (Å²) >= 11 is 0. The minimum absolute atomic E-state index is 0.810. The van der Waals surface area contributed by atoms with E-state index < -0.39 is 0 Å². The highest BCUT2D eigenvalue weighted by Crippen LogP contribution is 2.21. The van der Waals surface area contributed by atoms with Crippen molar-refractivity contribution in [2.75, 3.05) is 32.8 Å². The number of aromatic amines is 1. The Kier molecular flexibility index (Phi) is 6.43. The number of aryl methyl sites for hydroxylation is 1. The predicted molar refractivity (Wildman–Crippen MR) is 121 cm³/mol. The quantitative estimate of drug-likeness (QED) is 0.599. The number of hydrogen-bond acceptors (Lipinski definition) is 3. The Morgan fingerprint density at radius 3 is 2.59 bits per heavy atom. The van der Waals surface area contributed by atoms with Crippen molar-refractivity contribution < 1.29 is 4.74 Å². The molecule has 4 rings (SSSR count). The molecule has 1 aromatic heterocycles. The van der Waals surface area contributed by atoms with Crippen LogP contribution in [0.3, 0.4) is 0 Å². The molecule has 0 unspecified atom stereocenters. The number of nitrogens with one attached hydrogen (secondary N) is 1. The van der Waals surface area contributed by atoms with Crippen LogP contribution in [0.1, 0.15) is 36.1 Å². The first-order valence-electron chi connectivity index (χ1n) is 10.7. The Hall–Kier alpha value is -2.43. The Morgan fingerprint density at radius 2 is 1.83 bits per heavy atom. The monoisotopic (exact) mass is 389 g/mol. The van der Waals surface area contributed by atoms with Crippen LogP contribution < -0.4 is 0 Å². The van der Waals surface area contributed by atoms with Crippen molar-refractivity contribution in [3.8, 4) is 0 Å². The number of benzene rings is 2. The lowest BCUT2D eigenvalue weighted by Gasteiger charge is -2.26. The van der Waals surface area contributed by atoms with Gasteiger partial charge in [0.05, 0.1) is 13.2 Å². The van der Waals surface area contributed by atoms with E-state index in [9.17, 15) is 0 Å². The molecule has 152 valence electrons. The maximum atomic E-state index is 5.43. The highest BCUT2D eigenvalue weighted by molar-refractivity contribution is 5.98. The molecule has 4 heteroatoms. The molecule has 1 aliphatic heterocycles. The molecule has 0 saturated carbocycles. The van der Waals surface area contributed by atoms with Crippen molar-refractivity contribution in [2.45, 2.75) is 33.2 Å². The van der Waals surface area contributed by atoms with E-state index in [0.717, 1.165) is 57.9 Å². The van der Waals surface area contributed by atoms with E-state index in [1.807, 2.05) is 0 Å². The standard InChI is InChI=1S/C25H31N3O/c1-3-20-6-9-25-24(16-20)23(17-27-25)10-11-26-19(2)22-7-4-21(5-8-22)18-28-12-14-29-15-13-28/h4-9,16-17,27H,3,10-15,18H2,1-2H3. The molecule has 0 spiro atoms. The van der Waals surface area contributed by atoms with Crippen LogP contribution in [-0.2, 0) is 24.1 Å². The summed E-state index contributed by atoms with van der Waals surface area (Å²) in [6, 6.07) is 15.6. The van der Waals surface area contributed by atoms with Gasteiger partial charge in [-0.3, -0.25) is 9.89 Å². The van der Waals surface area contributed by atoms with Gasteiger partial charge in [-0.15, -0.1) is 0 Å². The number of hydrogen-bond donors (Lipinski definition) is 1. The lowest BCUT2D eigenvalue weighted by molar-refractivity contribution is 0.0342. The minimum atomic E-state index is 0.810. The summed E-state index contributed by atoms with van der Waals surface area (Å²) in [7, 11) is 0. The normalized spacial score (nSPS) is 15.9. The molecule has 3 aromatic rings. The SMILES string of the molecule is CCc1ccc2[nH]cc(CCN=C(C)c3ccc(CN4CCOCC4)cc3)c2c1. The lowest BCUT2D eigenvalue weighted by atomic mass is 10.1. The third-order valence-electron chi connectivity index (χ3n) is 5.85. The lowest BCUT2D eigenvalue weighted by Crippen LogP contribution is -2.35. The molecular formula is C25H31N3O. The fourth-order valence-electron chi connectivity index (χ4n) is 3.96. The van der Waals surface area contributed by atoms with Crippen LogP contribution in [0.25, 0.3) is 10.9 Å². The highest BCUT2D eigenvalue weighted by Gasteiger charge is 2.10.